The molecule has 0 aliphatic rings. The number of thiazole rings is 1. The molecule has 0 fully saturated rings. The second kappa shape index (κ2) is 4.74. The van der Waals surface area contributed by atoms with Crippen molar-refractivity contribution in [3.8, 4) is 5.69 Å². The highest BCUT2D eigenvalue weighted by Gasteiger charge is 2.01. The Morgan fingerprint density at radius 1 is 1.16 bits per heavy atom. The van der Waals surface area contributed by atoms with Crippen LogP contribution < -0.4 is 14.8 Å². The summed E-state index contributed by atoms with van der Waals surface area (Å²) in [5.41, 5.74) is 1.95. The summed E-state index contributed by atoms with van der Waals surface area (Å²) in [7, 11) is 0. The average Bonchev–Trinajstić information content (AvgIpc) is 2.98. The predicted octanol–water partition coefficient (Wildman–Crippen LogP) is 1.47. The van der Waals surface area contributed by atoms with E-state index in [9.17, 15) is 4.79 Å². The number of para-hydroxylation sites is 1. The molecule has 0 atom stereocenters. The van der Waals surface area contributed by atoms with Gasteiger partial charge in [-0.1, -0.05) is 24.8 Å². The third-order valence-corrected chi connectivity index (χ3v) is 3.68. The molecule has 0 saturated heterocycles. The Morgan fingerprint density at radius 3 is 2.63 bits per heavy atom. The van der Waals surface area contributed by atoms with E-state index in [4.69, 9.17) is 0 Å². The SMILES string of the molecule is C=c1[nH]c(=O)/c(=C/c2cccn2-c2ccccc2)s1. The van der Waals surface area contributed by atoms with Crippen molar-refractivity contribution in [1.82, 2.24) is 9.55 Å². The van der Waals surface area contributed by atoms with Crippen molar-refractivity contribution in [2.24, 2.45) is 0 Å². The zero-order chi connectivity index (χ0) is 13.2. The van der Waals surface area contributed by atoms with Crippen molar-refractivity contribution in [3.63, 3.8) is 0 Å². The lowest BCUT2D eigenvalue weighted by Crippen LogP contribution is -2.20. The van der Waals surface area contributed by atoms with Crippen LogP contribution in [0.2, 0.25) is 0 Å². The second-order valence-electron chi connectivity index (χ2n) is 4.13. The fourth-order valence-electron chi connectivity index (χ4n) is 1.96. The number of aromatic nitrogens is 2. The van der Waals surface area contributed by atoms with Gasteiger partial charge in [-0.15, -0.1) is 11.3 Å². The summed E-state index contributed by atoms with van der Waals surface area (Å²) >= 11 is 1.37. The van der Waals surface area contributed by atoms with E-state index in [0.29, 0.717) is 9.20 Å². The first-order chi connectivity index (χ1) is 9.24. The number of rotatable bonds is 2. The number of nitrogens with zero attached hydrogens (tertiary/aromatic N) is 1. The molecule has 3 rings (SSSR count). The maximum Gasteiger partial charge on any atom is 0.266 e. The van der Waals surface area contributed by atoms with Crippen LogP contribution in [-0.2, 0) is 0 Å². The van der Waals surface area contributed by atoms with Crippen LogP contribution in [0.5, 0.6) is 0 Å². The van der Waals surface area contributed by atoms with Crippen molar-refractivity contribution in [3.05, 3.63) is 73.9 Å². The molecule has 1 aromatic carbocycles. The molecule has 3 nitrogen and oxygen atoms in total. The van der Waals surface area contributed by atoms with Gasteiger partial charge in [0.05, 0.1) is 9.20 Å². The number of hydrogen-bond acceptors (Lipinski definition) is 2. The first-order valence-electron chi connectivity index (χ1n) is 5.86. The third kappa shape index (κ3) is 2.30. The number of H-pyrrole nitrogens is 1. The lowest BCUT2D eigenvalue weighted by atomic mass is 10.3. The summed E-state index contributed by atoms with van der Waals surface area (Å²) in [6.45, 7) is 3.75. The van der Waals surface area contributed by atoms with Crippen molar-refractivity contribution in [2.75, 3.05) is 0 Å². The molecule has 0 unspecified atom stereocenters. The van der Waals surface area contributed by atoms with Crippen LogP contribution >= 0.6 is 11.3 Å². The molecule has 0 amide bonds. The smallest absolute Gasteiger partial charge is 0.266 e. The average molecular weight is 268 g/mol. The standard InChI is InChI=1S/C15H12N2OS/c1-11-16-15(18)14(19-11)10-13-8-5-9-17(13)12-6-3-2-4-7-12/h2-10H,1H2,(H,16,18)/b14-10-. The monoisotopic (exact) mass is 268 g/mol. The van der Waals surface area contributed by atoms with Gasteiger partial charge in [0.1, 0.15) is 0 Å². The fourth-order valence-corrected chi connectivity index (χ4v) is 2.69. The van der Waals surface area contributed by atoms with E-state index in [1.54, 1.807) is 0 Å². The van der Waals surface area contributed by atoms with Gasteiger partial charge in [-0.05, 0) is 30.3 Å². The molecule has 4 heteroatoms. The summed E-state index contributed by atoms with van der Waals surface area (Å²) in [4.78, 5) is 14.4. The van der Waals surface area contributed by atoms with Crippen LogP contribution in [0.3, 0.4) is 0 Å². The summed E-state index contributed by atoms with van der Waals surface area (Å²) in [5.74, 6) is 0. The Balaban J connectivity index is 2.17. The van der Waals surface area contributed by atoms with Crippen LogP contribution in [0, 0.1) is 0 Å². The topological polar surface area (TPSA) is 37.8 Å². The highest BCUT2D eigenvalue weighted by molar-refractivity contribution is 7.07. The summed E-state index contributed by atoms with van der Waals surface area (Å²) in [6.07, 6.45) is 3.86. The largest absolute Gasteiger partial charge is 0.317 e. The van der Waals surface area contributed by atoms with Crippen LogP contribution in [-0.4, -0.2) is 9.55 Å². The Morgan fingerprint density at radius 2 is 1.95 bits per heavy atom. The summed E-state index contributed by atoms with van der Waals surface area (Å²) in [6, 6.07) is 14.0. The van der Waals surface area contributed by atoms with E-state index in [-0.39, 0.29) is 5.56 Å². The molecule has 0 radical (unpaired) electrons. The lowest BCUT2D eigenvalue weighted by molar-refractivity contribution is 1.06. The van der Waals surface area contributed by atoms with E-state index in [1.807, 2.05) is 59.3 Å². The highest BCUT2D eigenvalue weighted by Crippen LogP contribution is 2.12. The lowest BCUT2D eigenvalue weighted by Gasteiger charge is -2.05. The Bertz CT molecular complexity index is 855. The summed E-state index contributed by atoms with van der Waals surface area (Å²) in [5, 5.41) is 0. The zero-order valence-electron chi connectivity index (χ0n) is 10.2. The fraction of sp³-hybridized carbons (Fsp3) is 0. The number of hydrogen-bond donors (Lipinski definition) is 1. The number of nitrogens with one attached hydrogen (secondary N) is 1. The molecule has 19 heavy (non-hydrogen) atoms. The first kappa shape index (κ1) is 11.7. The molecular weight excluding hydrogens is 256 g/mol. The molecule has 2 heterocycles. The molecule has 3 aromatic rings. The minimum absolute atomic E-state index is 0.0872. The Labute approximate surface area is 113 Å². The van der Waals surface area contributed by atoms with Gasteiger partial charge in [-0.2, -0.15) is 0 Å². The van der Waals surface area contributed by atoms with Gasteiger partial charge >= 0.3 is 0 Å². The number of aromatic amines is 1. The van der Waals surface area contributed by atoms with E-state index in [1.165, 1.54) is 11.3 Å². The van der Waals surface area contributed by atoms with Gasteiger partial charge in [-0.3, -0.25) is 4.79 Å². The third-order valence-electron chi connectivity index (χ3n) is 2.80. The van der Waals surface area contributed by atoms with Crippen molar-refractivity contribution < 1.29 is 0 Å². The van der Waals surface area contributed by atoms with Crippen molar-refractivity contribution >= 4 is 24.0 Å². The molecule has 0 bridgehead atoms. The van der Waals surface area contributed by atoms with Crippen molar-refractivity contribution in [1.29, 1.82) is 0 Å². The van der Waals surface area contributed by atoms with Gasteiger partial charge in [0.15, 0.2) is 0 Å². The van der Waals surface area contributed by atoms with Gasteiger partial charge < -0.3 is 9.55 Å². The van der Waals surface area contributed by atoms with E-state index in [2.05, 4.69) is 11.6 Å². The van der Waals surface area contributed by atoms with E-state index in [0.717, 1.165) is 11.4 Å². The van der Waals surface area contributed by atoms with Crippen LogP contribution in [0.1, 0.15) is 5.69 Å². The molecule has 2 aromatic heterocycles. The maximum atomic E-state index is 11.7. The quantitative estimate of drug-likeness (QED) is 0.751. The van der Waals surface area contributed by atoms with Gasteiger partial charge in [-0.25, -0.2) is 0 Å². The molecule has 94 valence electrons. The molecule has 0 spiro atoms. The summed E-state index contributed by atoms with van der Waals surface area (Å²) < 4.78 is 3.39. The minimum Gasteiger partial charge on any atom is -0.317 e. The highest BCUT2D eigenvalue weighted by atomic mass is 32.1. The molecule has 1 N–H and O–H groups in total. The van der Waals surface area contributed by atoms with Gasteiger partial charge in [0.25, 0.3) is 5.56 Å². The van der Waals surface area contributed by atoms with Crippen molar-refractivity contribution in [2.45, 2.75) is 0 Å². The first-order valence-corrected chi connectivity index (χ1v) is 6.68. The Kier molecular flexibility index (Phi) is 2.93. The number of benzene rings is 1. The molecule has 0 aliphatic carbocycles. The van der Waals surface area contributed by atoms with Gasteiger partial charge in [0.2, 0.25) is 0 Å². The second-order valence-corrected chi connectivity index (χ2v) is 5.26. The van der Waals surface area contributed by atoms with Crippen LogP contribution in [0.25, 0.3) is 18.3 Å². The predicted molar refractivity (Wildman–Crippen MR) is 79.0 cm³/mol. The Hall–Kier alpha value is -2.33. The van der Waals surface area contributed by atoms with E-state index < -0.39 is 0 Å². The van der Waals surface area contributed by atoms with E-state index >= 15 is 0 Å². The zero-order valence-corrected chi connectivity index (χ0v) is 11.0. The molecular formula is C15H12N2OS. The van der Waals surface area contributed by atoms with Crippen LogP contribution in [0.4, 0.5) is 0 Å². The minimum atomic E-state index is -0.0872. The normalized spacial score (nSPS) is 11.9. The molecule has 0 aliphatic heterocycles. The maximum absolute atomic E-state index is 11.7. The van der Waals surface area contributed by atoms with Gasteiger partial charge in [0, 0.05) is 17.6 Å². The van der Waals surface area contributed by atoms with Crippen LogP contribution in [0.15, 0.2) is 53.5 Å². The molecule has 0 saturated carbocycles.